The highest BCUT2D eigenvalue weighted by Crippen LogP contribution is 2.47. The highest BCUT2D eigenvalue weighted by Gasteiger charge is 2.49. The largest absolute Gasteiger partial charge is 0.385 e. The minimum Gasteiger partial charge on any atom is -0.385 e. The molecule has 24 heavy (non-hydrogen) atoms. The van der Waals surface area contributed by atoms with Crippen LogP contribution in [0.2, 0.25) is 0 Å². The third-order valence-corrected chi connectivity index (χ3v) is 5.94. The van der Waals surface area contributed by atoms with Crippen molar-refractivity contribution in [2.45, 2.75) is 50.7 Å². The molecule has 3 nitrogen and oxygen atoms in total. The Morgan fingerprint density at radius 1 is 1.08 bits per heavy atom. The van der Waals surface area contributed by atoms with E-state index in [1.165, 1.54) is 18.4 Å². The van der Waals surface area contributed by atoms with Gasteiger partial charge in [-0.2, -0.15) is 0 Å². The van der Waals surface area contributed by atoms with Gasteiger partial charge in [-0.25, -0.2) is 4.98 Å². The normalized spacial score (nSPS) is 30.0. The lowest BCUT2D eigenvalue weighted by Gasteiger charge is -2.53. The molecule has 4 rings (SSSR count). The van der Waals surface area contributed by atoms with Crippen molar-refractivity contribution in [2.75, 3.05) is 11.4 Å². The summed E-state index contributed by atoms with van der Waals surface area (Å²) in [4.78, 5) is 7.10. The third-order valence-electron chi connectivity index (χ3n) is 5.94. The molecule has 1 unspecified atom stereocenters. The summed E-state index contributed by atoms with van der Waals surface area (Å²) in [5.41, 5.74) is 1.57. The SMILES string of the molecule is Cc1ccc(N2CCC(O)(c3ccccc3)[C@H]3CCCC[C@H]32)nc1. The molecule has 0 radical (unpaired) electrons. The molecule has 2 aliphatic rings. The predicted molar refractivity (Wildman–Crippen MR) is 97.0 cm³/mol. The third kappa shape index (κ3) is 2.61. The van der Waals surface area contributed by atoms with Gasteiger partial charge in [0.25, 0.3) is 0 Å². The number of fused-ring (bicyclic) bond motifs is 1. The van der Waals surface area contributed by atoms with Gasteiger partial charge in [0, 0.05) is 24.7 Å². The van der Waals surface area contributed by atoms with Crippen LogP contribution in [0, 0.1) is 12.8 Å². The van der Waals surface area contributed by atoms with Gasteiger partial charge in [0.2, 0.25) is 0 Å². The first-order chi connectivity index (χ1) is 11.7. The Morgan fingerprint density at radius 2 is 1.88 bits per heavy atom. The molecule has 1 aromatic carbocycles. The molecule has 3 atom stereocenters. The average Bonchev–Trinajstić information content (AvgIpc) is 2.64. The first kappa shape index (κ1) is 15.6. The fourth-order valence-electron chi connectivity index (χ4n) is 4.68. The zero-order chi connectivity index (χ0) is 16.6. The van der Waals surface area contributed by atoms with Crippen molar-refractivity contribution in [1.82, 2.24) is 4.98 Å². The van der Waals surface area contributed by atoms with Gasteiger partial charge in [-0.3, -0.25) is 0 Å². The summed E-state index contributed by atoms with van der Waals surface area (Å²) in [7, 11) is 0. The lowest BCUT2D eigenvalue weighted by atomic mass is 9.66. The highest BCUT2D eigenvalue weighted by atomic mass is 16.3. The summed E-state index contributed by atoms with van der Waals surface area (Å²) in [5, 5.41) is 11.6. The van der Waals surface area contributed by atoms with E-state index in [0.717, 1.165) is 37.2 Å². The number of rotatable bonds is 2. The Bertz CT molecular complexity index is 685. The minimum absolute atomic E-state index is 0.283. The second kappa shape index (κ2) is 6.21. The van der Waals surface area contributed by atoms with Crippen molar-refractivity contribution in [3.63, 3.8) is 0 Å². The zero-order valence-electron chi connectivity index (χ0n) is 14.4. The van der Waals surface area contributed by atoms with Crippen molar-refractivity contribution in [2.24, 2.45) is 5.92 Å². The van der Waals surface area contributed by atoms with Crippen LogP contribution < -0.4 is 4.90 Å². The van der Waals surface area contributed by atoms with Crippen LogP contribution in [0.1, 0.15) is 43.2 Å². The Balaban J connectivity index is 1.68. The van der Waals surface area contributed by atoms with E-state index in [1.54, 1.807) is 0 Å². The van der Waals surface area contributed by atoms with Crippen LogP contribution in [0.3, 0.4) is 0 Å². The summed E-state index contributed by atoms with van der Waals surface area (Å²) >= 11 is 0. The molecule has 0 spiro atoms. The number of hydrogen-bond acceptors (Lipinski definition) is 3. The summed E-state index contributed by atoms with van der Waals surface area (Å²) < 4.78 is 0. The summed E-state index contributed by atoms with van der Waals surface area (Å²) in [6.45, 7) is 2.94. The second-order valence-corrected chi connectivity index (χ2v) is 7.39. The number of nitrogens with zero attached hydrogens (tertiary/aromatic N) is 2. The molecule has 2 fully saturated rings. The molecule has 0 amide bonds. The number of pyridine rings is 1. The summed E-state index contributed by atoms with van der Waals surface area (Å²) in [5.74, 6) is 1.35. The monoisotopic (exact) mass is 322 g/mol. The molecule has 1 N–H and O–H groups in total. The average molecular weight is 322 g/mol. The van der Waals surface area contributed by atoms with Gasteiger partial charge in [-0.15, -0.1) is 0 Å². The van der Waals surface area contributed by atoms with E-state index in [4.69, 9.17) is 0 Å². The Labute approximate surface area is 144 Å². The molecule has 126 valence electrons. The number of aliphatic hydroxyl groups is 1. The quantitative estimate of drug-likeness (QED) is 0.906. The molecule has 1 saturated heterocycles. The molecule has 1 saturated carbocycles. The van der Waals surface area contributed by atoms with Crippen LogP contribution in [0.5, 0.6) is 0 Å². The van der Waals surface area contributed by atoms with Gasteiger partial charge in [0.1, 0.15) is 5.82 Å². The molecule has 0 bridgehead atoms. The van der Waals surface area contributed by atoms with Crippen LogP contribution in [-0.2, 0) is 5.60 Å². The van der Waals surface area contributed by atoms with E-state index in [0.29, 0.717) is 6.04 Å². The van der Waals surface area contributed by atoms with E-state index in [1.807, 2.05) is 24.4 Å². The molecule has 2 aromatic rings. The summed E-state index contributed by atoms with van der Waals surface area (Å²) in [6, 6.07) is 14.9. The fraction of sp³-hybridized carbons (Fsp3) is 0.476. The van der Waals surface area contributed by atoms with Crippen LogP contribution >= 0.6 is 0 Å². The van der Waals surface area contributed by atoms with Gasteiger partial charge < -0.3 is 10.0 Å². The highest BCUT2D eigenvalue weighted by molar-refractivity contribution is 5.43. The summed E-state index contributed by atoms with van der Waals surface area (Å²) in [6.07, 6.45) is 7.42. The van der Waals surface area contributed by atoms with E-state index in [9.17, 15) is 5.11 Å². The molecule has 1 aliphatic carbocycles. The van der Waals surface area contributed by atoms with Gasteiger partial charge in [0.05, 0.1) is 5.60 Å². The number of aromatic nitrogens is 1. The van der Waals surface area contributed by atoms with Gasteiger partial charge in [-0.1, -0.05) is 49.2 Å². The van der Waals surface area contributed by atoms with Crippen molar-refractivity contribution in [3.8, 4) is 0 Å². The zero-order valence-corrected chi connectivity index (χ0v) is 14.4. The maximum atomic E-state index is 11.6. The predicted octanol–water partition coefficient (Wildman–Crippen LogP) is 4.05. The standard InChI is InChI=1S/C21H26N2O/c1-16-11-12-20(22-15-16)23-14-13-21(24,17-7-3-2-4-8-17)18-9-5-6-10-19(18)23/h2-4,7-8,11-12,15,18-19,24H,5-6,9-10,13-14H2,1H3/t18-,19+,21?/m0/s1. The van der Waals surface area contributed by atoms with E-state index in [2.05, 4.69) is 41.1 Å². The van der Waals surface area contributed by atoms with Crippen molar-refractivity contribution in [3.05, 3.63) is 59.8 Å². The number of aryl methyl sites for hydroxylation is 1. The van der Waals surface area contributed by atoms with Gasteiger partial charge in [0.15, 0.2) is 0 Å². The first-order valence-corrected chi connectivity index (χ1v) is 9.16. The number of hydrogen-bond donors (Lipinski definition) is 1. The first-order valence-electron chi connectivity index (χ1n) is 9.16. The topological polar surface area (TPSA) is 36.4 Å². The van der Waals surface area contributed by atoms with Crippen LogP contribution in [0.4, 0.5) is 5.82 Å². The molecule has 1 aromatic heterocycles. The Morgan fingerprint density at radius 3 is 2.62 bits per heavy atom. The lowest BCUT2D eigenvalue weighted by molar-refractivity contribution is -0.0690. The minimum atomic E-state index is -0.701. The van der Waals surface area contributed by atoms with Crippen LogP contribution in [0.25, 0.3) is 0 Å². The Kier molecular flexibility index (Phi) is 4.05. The van der Waals surface area contributed by atoms with Crippen molar-refractivity contribution in [1.29, 1.82) is 0 Å². The van der Waals surface area contributed by atoms with Crippen LogP contribution in [0.15, 0.2) is 48.7 Å². The van der Waals surface area contributed by atoms with Gasteiger partial charge >= 0.3 is 0 Å². The fourth-order valence-corrected chi connectivity index (χ4v) is 4.68. The number of piperidine rings is 1. The van der Waals surface area contributed by atoms with Crippen LogP contribution in [-0.4, -0.2) is 22.7 Å². The van der Waals surface area contributed by atoms with E-state index in [-0.39, 0.29) is 5.92 Å². The molecular weight excluding hydrogens is 296 g/mol. The number of benzene rings is 1. The van der Waals surface area contributed by atoms with Crippen molar-refractivity contribution >= 4 is 5.82 Å². The maximum absolute atomic E-state index is 11.6. The molecule has 2 heterocycles. The van der Waals surface area contributed by atoms with Gasteiger partial charge in [-0.05, 0) is 43.4 Å². The molecule has 3 heteroatoms. The maximum Gasteiger partial charge on any atom is 0.128 e. The van der Waals surface area contributed by atoms with E-state index >= 15 is 0 Å². The molecular formula is C21H26N2O. The molecule has 1 aliphatic heterocycles. The number of anilines is 1. The van der Waals surface area contributed by atoms with E-state index < -0.39 is 5.60 Å². The Hall–Kier alpha value is -1.87. The van der Waals surface area contributed by atoms with Crippen molar-refractivity contribution < 1.29 is 5.11 Å². The lowest BCUT2D eigenvalue weighted by Crippen LogP contribution is -2.57. The smallest absolute Gasteiger partial charge is 0.128 e. The second-order valence-electron chi connectivity index (χ2n) is 7.39.